The summed E-state index contributed by atoms with van der Waals surface area (Å²) < 4.78 is 0. The molecule has 0 aromatic heterocycles. The highest BCUT2D eigenvalue weighted by atomic mass is 28.3. The Morgan fingerprint density at radius 1 is 1.50 bits per heavy atom. The summed E-state index contributed by atoms with van der Waals surface area (Å²) in [4.78, 5) is 2.47. The molecule has 0 unspecified atom stereocenters. The van der Waals surface area contributed by atoms with Crippen molar-refractivity contribution in [2.24, 2.45) is 5.73 Å². The minimum absolute atomic E-state index is 0.967. The van der Waals surface area contributed by atoms with Gasteiger partial charge in [-0.2, -0.15) is 0 Å². The van der Waals surface area contributed by atoms with Gasteiger partial charge in [0.2, 0.25) is 0 Å². The van der Waals surface area contributed by atoms with E-state index in [1.807, 2.05) is 6.08 Å². The summed E-state index contributed by atoms with van der Waals surface area (Å²) in [6, 6.07) is 2.74. The Balaban J connectivity index is 2.33. The molecule has 0 atom stereocenters. The average Bonchev–Trinajstić information content (AvgIpc) is 2.10. The van der Waals surface area contributed by atoms with Crippen molar-refractivity contribution in [2.45, 2.75) is 18.6 Å². The van der Waals surface area contributed by atoms with Crippen LogP contribution in [-0.2, 0) is 0 Å². The van der Waals surface area contributed by atoms with Gasteiger partial charge in [0.05, 0.1) is 8.07 Å². The summed E-state index contributed by atoms with van der Waals surface area (Å²) in [5.41, 5.74) is 5.78. The largest absolute Gasteiger partial charge is 0.333 e. The van der Waals surface area contributed by atoms with Gasteiger partial charge in [0, 0.05) is 6.54 Å². The summed E-state index contributed by atoms with van der Waals surface area (Å²) in [7, 11) is -0.980. The maximum atomic E-state index is 5.78. The van der Waals surface area contributed by atoms with E-state index in [2.05, 4.69) is 18.0 Å². The van der Waals surface area contributed by atoms with Crippen LogP contribution in [0.15, 0.2) is 12.7 Å². The molecule has 1 saturated heterocycles. The molecular formula is C9H20N2Si. The van der Waals surface area contributed by atoms with Crippen molar-refractivity contribution in [3.8, 4) is 0 Å². The van der Waals surface area contributed by atoms with Crippen LogP contribution in [0, 0.1) is 0 Å². The van der Waals surface area contributed by atoms with E-state index in [4.69, 9.17) is 5.73 Å². The minimum atomic E-state index is -0.980. The third-order valence-electron chi connectivity index (χ3n) is 2.94. The van der Waals surface area contributed by atoms with Crippen molar-refractivity contribution in [1.82, 2.24) is 4.90 Å². The maximum absolute atomic E-state index is 5.78. The second kappa shape index (κ2) is 4.21. The van der Waals surface area contributed by atoms with E-state index in [0.717, 1.165) is 12.7 Å². The molecule has 1 heterocycles. The molecule has 0 aromatic carbocycles. The Hall–Kier alpha value is -0.123. The predicted molar refractivity (Wildman–Crippen MR) is 56.9 cm³/mol. The molecule has 0 radical (unpaired) electrons. The molecule has 1 rings (SSSR count). The number of nitrogens with zero attached hydrogens (tertiary/aromatic N) is 1. The Morgan fingerprint density at radius 3 is 2.50 bits per heavy atom. The first-order valence-corrected chi connectivity index (χ1v) is 7.86. The van der Waals surface area contributed by atoms with Crippen LogP contribution in [-0.4, -0.2) is 38.8 Å². The fourth-order valence-electron chi connectivity index (χ4n) is 1.66. The molecule has 1 fully saturated rings. The average molecular weight is 184 g/mol. The Kier molecular flexibility index (Phi) is 3.49. The summed E-state index contributed by atoms with van der Waals surface area (Å²) in [5, 5.41) is 0. The van der Waals surface area contributed by atoms with Gasteiger partial charge in [-0.15, -0.1) is 6.58 Å². The molecule has 0 aromatic rings. The van der Waals surface area contributed by atoms with E-state index in [1.165, 1.54) is 25.2 Å². The minimum Gasteiger partial charge on any atom is -0.333 e. The van der Waals surface area contributed by atoms with Gasteiger partial charge in [-0.25, -0.2) is 0 Å². The first-order chi connectivity index (χ1) is 5.70. The monoisotopic (exact) mass is 184 g/mol. The van der Waals surface area contributed by atoms with Gasteiger partial charge < -0.3 is 10.6 Å². The molecule has 3 heteroatoms. The first-order valence-electron chi connectivity index (χ1n) is 4.73. The van der Waals surface area contributed by atoms with Gasteiger partial charge in [0.25, 0.3) is 0 Å². The van der Waals surface area contributed by atoms with E-state index >= 15 is 0 Å². The van der Waals surface area contributed by atoms with E-state index in [9.17, 15) is 0 Å². The third kappa shape index (κ3) is 2.44. The zero-order chi connectivity index (χ0) is 9.03. The van der Waals surface area contributed by atoms with E-state index in [1.54, 1.807) is 0 Å². The molecule has 2 N–H and O–H groups in total. The quantitative estimate of drug-likeness (QED) is 0.525. The van der Waals surface area contributed by atoms with E-state index < -0.39 is 8.07 Å². The van der Waals surface area contributed by atoms with Gasteiger partial charge >= 0.3 is 0 Å². The SMILES string of the molecule is C=CCN1CC[Si](C)(CN)CC1. The fourth-order valence-corrected chi connectivity index (χ4v) is 4.03. The van der Waals surface area contributed by atoms with Crippen molar-refractivity contribution in [3.63, 3.8) is 0 Å². The second-order valence-electron chi connectivity index (χ2n) is 4.10. The van der Waals surface area contributed by atoms with Crippen molar-refractivity contribution >= 4 is 8.07 Å². The molecule has 70 valence electrons. The van der Waals surface area contributed by atoms with Crippen molar-refractivity contribution in [1.29, 1.82) is 0 Å². The van der Waals surface area contributed by atoms with Crippen LogP contribution in [0.2, 0.25) is 18.6 Å². The third-order valence-corrected chi connectivity index (χ3v) is 6.79. The molecule has 0 aliphatic carbocycles. The van der Waals surface area contributed by atoms with E-state index in [-0.39, 0.29) is 0 Å². The normalized spacial score (nSPS) is 23.8. The summed E-state index contributed by atoms with van der Waals surface area (Å²) in [5.74, 6) is 0. The summed E-state index contributed by atoms with van der Waals surface area (Å²) >= 11 is 0. The van der Waals surface area contributed by atoms with E-state index in [0.29, 0.717) is 0 Å². The molecule has 0 spiro atoms. The van der Waals surface area contributed by atoms with Gasteiger partial charge in [-0.3, -0.25) is 0 Å². The Bertz CT molecular complexity index is 151. The first kappa shape index (κ1) is 9.96. The van der Waals surface area contributed by atoms with Gasteiger partial charge in [0.15, 0.2) is 0 Å². The number of hydrogen-bond acceptors (Lipinski definition) is 2. The van der Waals surface area contributed by atoms with Crippen LogP contribution in [0.25, 0.3) is 0 Å². The molecule has 12 heavy (non-hydrogen) atoms. The van der Waals surface area contributed by atoms with Gasteiger partial charge in [-0.05, 0) is 31.3 Å². The highest BCUT2D eigenvalue weighted by Crippen LogP contribution is 2.20. The van der Waals surface area contributed by atoms with Crippen LogP contribution in [0.1, 0.15) is 0 Å². The molecule has 0 bridgehead atoms. The number of nitrogens with two attached hydrogens (primary N) is 1. The van der Waals surface area contributed by atoms with Crippen LogP contribution >= 0.6 is 0 Å². The van der Waals surface area contributed by atoms with Gasteiger partial charge in [0.1, 0.15) is 0 Å². The standard InChI is InChI=1S/C9H20N2Si/c1-3-4-11-5-7-12(2,9-10)8-6-11/h3H,1,4-10H2,2H3. The van der Waals surface area contributed by atoms with Crippen LogP contribution in [0.4, 0.5) is 0 Å². The Labute approximate surface area is 76.4 Å². The topological polar surface area (TPSA) is 29.3 Å². The molecular weight excluding hydrogens is 164 g/mol. The van der Waals surface area contributed by atoms with Crippen molar-refractivity contribution in [3.05, 3.63) is 12.7 Å². The van der Waals surface area contributed by atoms with Gasteiger partial charge in [-0.1, -0.05) is 12.6 Å². The summed E-state index contributed by atoms with van der Waals surface area (Å²) in [6.45, 7) is 9.72. The Morgan fingerprint density at radius 2 is 2.08 bits per heavy atom. The number of hydrogen-bond donors (Lipinski definition) is 1. The van der Waals surface area contributed by atoms with Crippen LogP contribution in [0.3, 0.4) is 0 Å². The zero-order valence-electron chi connectivity index (χ0n) is 8.05. The lowest BCUT2D eigenvalue weighted by molar-refractivity contribution is 0.320. The fraction of sp³-hybridized carbons (Fsp3) is 0.778. The van der Waals surface area contributed by atoms with Crippen molar-refractivity contribution < 1.29 is 0 Å². The molecule has 1 aliphatic heterocycles. The lowest BCUT2D eigenvalue weighted by Crippen LogP contribution is -2.49. The molecule has 0 saturated carbocycles. The van der Waals surface area contributed by atoms with Crippen molar-refractivity contribution in [2.75, 3.05) is 25.8 Å². The summed E-state index contributed by atoms with van der Waals surface area (Å²) in [6.07, 6.45) is 2.96. The zero-order valence-corrected chi connectivity index (χ0v) is 9.05. The predicted octanol–water partition coefficient (Wildman–Crippen LogP) is 1.06. The smallest absolute Gasteiger partial charge is 0.0678 e. The second-order valence-corrected chi connectivity index (χ2v) is 9.13. The number of rotatable bonds is 3. The maximum Gasteiger partial charge on any atom is 0.0678 e. The molecule has 0 amide bonds. The highest BCUT2D eigenvalue weighted by molar-refractivity contribution is 6.79. The highest BCUT2D eigenvalue weighted by Gasteiger charge is 2.29. The molecule has 2 nitrogen and oxygen atoms in total. The van der Waals surface area contributed by atoms with Crippen LogP contribution < -0.4 is 5.73 Å². The lowest BCUT2D eigenvalue weighted by Gasteiger charge is -2.36. The molecule has 1 aliphatic rings. The lowest BCUT2D eigenvalue weighted by atomic mass is 10.4. The van der Waals surface area contributed by atoms with Crippen LogP contribution in [0.5, 0.6) is 0 Å².